The van der Waals surface area contributed by atoms with Gasteiger partial charge in [-0.15, -0.1) is 4.40 Å². The predicted octanol–water partition coefficient (Wildman–Crippen LogP) is 1.03. The van der Waals surface area contributed by atoms with Crippen LogP contribution in [0, 0.1) is 11.6 Å². The van der Waals surface area contributed by atoms with Crippen molar-refractivity contribution in [3.05, 3.63) is 35.4 Å². The summed E-state index contributed by atoms with van der Waals surface area (Å²) in [6, 6.07) is 2.71. The highest BCUT2D eigenvalue weighted by Gasteiger charge is 2.24. The summed E-state index contributed by atoms with van der Waals surface area (Å²) in [5.74, 6) is -1.41. The van der Waals surface area contributed by atoms with Gasteiger partial charge in [0.2, 0.25) is 0 Å². The highest BCUT2D eigenvalue weighted by molar-refractivity contribution is 7.85. The molecule has 0 saturated carbocycles. The summed E-state index contributed by atoms with van der Waals surface area (Å²) in [7, 11) is -3.97. The van der Waals surface area contributed by atoms with E-state index in [-0.39, 0.29) is 17.9 Å². The van der Waals surface area contributed by atoms with Gasteiger partial charge in [-0.2, -0.15) is 8.42 Å². The lowest BCUT2D eigenvalue weighted by Crippen LogP contribution is -2.06. The quantitative estimate of drug-likeness (QED) is 0.727. The molecule has 7 heteroatoms. The first kappa shape index (κ1) is 10.2. The van der Waals surface area contributed by atoms with Gasteiger partial charge >= 0.3 is 10.3 Å². The molecule has 1 aliphatic rings. The molecule has 1 heterocycles. The molecule has 0 unspecified atom stereocenters. The molecule has 0 radical (unpaired) electrons. The maximum absolute atomic E-state index is 13.2. The molecule has 0 fully saturated rings. The zero-order valence-electron chi connectivity index (χ0n) is 7.28. The van der Waals surface area contributed by atoms with Gasteiger partial charge in [-0.3, -0.25) is 0 Å². The fourth-order valence-electron chi connectivity index (χ4n) is 1.16. The second kappa shape index (κ2) is 3.35. The van der Waals surface area contributed by atoms with E-state index in [1.165, 1.54) is 0 Å². The fraction of sp³-hybridized carbons (Fsp3) is 0.125. The molecule has 4 nitrogen and oxygen atoms in total. The third-order valence-corrected chi connectivity index (χ3v) is 2.67. The van der Waals surface area contributed by atoms with Crippen LogP contribution in [0.3, 0.4) is 0 Å². The maximum atomic E-state index is 13.2. The molecule has 0 amide bonds. The lowest BCUT2D eigenvalue weighted by Gasteiger charge is -1.99. The lowest BCUT2D eigenvalue weighted by molar-refractivity contribution is 0.381. The number of hydrogen-bond donors (Lipinski definition) is 0. The van der Waals surface area contributed by atoms with Crippen LogP contribution in [-0.2, 0) is 14.5 Å². The summed E-state index contributed by atoms with van der Waals surface area (Å²) in [6.45, 7) is -0.372. The summed E-state index contributed by atoms with van der Waals surface area (Å²) >= 11 is 0. The van der Waals surface area contributed by atoms with Gasteiger partial charge in [-0.25, -0.2) is 13.0 Å². The predicted molar refractivity (Wildman–Crippen MR) is 47.8 cm³/mol. The van der Waals surface area contributed by atoms with Crippen molar-refractivity contribution in [1.82, 2.24) is 0 Å². The third kappa shape index (κ3) is 2.02. The van der Waals surface area contributed by atoms with Crippen LogP contribution in [0.25, 0.3) is 0 Å². The molecular weight excluding hydrogens is 228 g/mol. The van der Waals surface area contributed by atoms with E-state index < -0.39 is 21.9 Å². The Morgan fingerprint density at radius 3 is 2.67 bits per heavy atom. The molecule has 0 spiro atoms. The summed E-state index contributed by atoms with van der Waals surface area (Å²) in [6.07, 6.45) is 0. The van der Waals surface area contributed by atoms with E-state index in [0.717, 1.165) is 18.2 Å². The van der Waals surface area contributed by atoms with Crippen LogP contribution in [0.1, 0.15) is 5.56 Å². The molecule has 0 aliphatic carbocycles. The van der Waals surface area contributed by atoms with Gasteiger partial charge in [0.1, 0.15) is 18.2 Å². The normalized spacial score (nSPS) is 18.9. The van der Waals surface area contributed by atoms with Gasteiger partial charge in [0, 0.05) is 5.56 Å². The van der Waals surface area contributed by atoms with Crippen LogP contribution < -0.4 is 0 Å². The molecular formula is C8H5F2NO3S. The molecule has 1 aromatic carbocycles. The van der Waals surface area contributed by atoms with E-state index in [0.29, 0.717) is 0 Å². The van der Waals surface area contributed by atoms with E-state index in [9.17, 15) is 17.2 Å². The Hall–Kier alpha value is -1.34. The number of halogens is 2. The highest BCUT2D eigenvalue weighted by Crippen LogP contribution is 2.16. The van der Waals surface area contributed by atoms with Crippen LogP contribution in [-0.4, -0.2) is 20.7 Å². The zero-order valence-corrected chi connectivity index (χ0v) is 8.09. The van der Waals surface area contributed by atoms with Crippen LogP contribution in [0.2, 0.25) is 0 Å². The Balaban J connectivity index is 2.52. The molecule has 0 saturated heterocycles. The highest BCUT2D eigenvalue weighted by atomic mass is 32.2. The minimum absolute atomic E-state index is 0.132. The van der Waals surface area contributed by atoms with Crippen molar-refractivity contribution >= 4 is 16.0 Å². The maximum Gasteiger partial charge on any atom is 0.381 e. The van der Waals surface area contributed by atoms with Crippen molar-refractivity contribution in [2.75, 3.05) is 6.61 Å². The first-order chi connectivity index (χ1) is 6.98. The van der Waals surface area contributed by atoms with Crippen LogP contribution in [0.4, 0.5) is 8.78 Å². The second-order valence-corrected chi connectivity index (χ2v) is 4.13. The van der Waals surface area contributed by atoms with Crippen molar-refractivity contribution in [1.29, 1.82) is 0 Å². The number of hydrogen-bond acceptors (Lipinski definition) is 3. The fourth-order valence-corrected chi connectivity index (χ4v) is 1.90. The first-order valence-corrected chi connectivity index (χ1v) is 5.28. The Kier molecular flexibility index (Phi) is 2.28. The van der Waals surface area contributed by atoms with Crippen molar-refractivity contribution in [3.63, 3.8) is 0 Å². The molecule has 80 valence electrons. The third-order valence-electron chi connectivity index (χ3n) is 1.81. The van der Waals surface area contributed by atoms with Crippen LogP contribution in [0.15, 0.2) is 22.6 Å². The van der Waals surface area contributed by atoms with Crippen molar-refractivity contribution < 1.29 is 21.4 Å². The van der Waals surface area contributed by atoms with E-state index in [4.69, 9.17) is 0 Å². The SMILES string of the molecule is O=S1(=O)N=C(c2cc(F)ccc2F)CO1. The van der Waals surface area contributed by atoms with Crippen LogP contribution >= 0.6 is 0 Å². The van der Waals surface area contributed by atoms with Crippen molar-refractivity contribution in [2.24, 2.45) is 4.40 Å². The number of benzene rings is 1. The number of rotatable bonds is 1. The summed E-state index contributed by atoms with van der Waals surface area (Å²) < 4.78 is 55.0. The Bertz CT molecular complexity index is 539. The van der Waals surface area contributed by atoms with Gasteiger partial charge in [-0.05, 0) is 18.2 Å². The van der Waals surface area contributed by atoms with Crippen LogP contribution in [0.5, 0.6) is 0 Å². The Morgan fingerprint density at radius 2 is 2.07 bits per heavy atom. The molecule has 0 aromatic heterocycles. The standard InChI is InChI=1S/C8H5F2NO3S/c9-5-1-2-7(10)6(3-5)8-4-14-15(12,13)11-8/h1-3H,4H2. The molecule has 2 rings (SSSR count). The van der Waals surface area contributed by atoms with E-state index in [1.54, 1.807) is 0 Å². The monoisotopic (exact) mass is 233 g/mol. The topological polar surface area (TPSA) is 55.7 Å². The molecule has 0 N–H and O–H groups in total. The summed E-state index contributed by atoms with van der Waals surface area (Å²) in [5.41, 5.74) is -0.330. The van der Waals surface area contributed by atoms with Gasteiger partial charge in [0.15, 0.2) is 0 Å². The average molecular weight is 233 g/mol. The summed E-state index contributed by atoms with van der Waals surface area (Å²) in [5, 5.41) is 0. The Morgan fingerprint density at radius 1 is 1.33 bits per heavy atom. The van der Waals surface area contributed by atoms with E-state index >= 15 is 0 Å². The first-order valence-electron chi connectivity index (χ1n) is 3.91. The minimum Gasteiger partial charge on any atom is -0.246 e. The van der Waals surface area contributed by atoms with Gasteiger partial charge in [0.25, 0.3) is 0 Å². The van der Waals surface area contributed by atoms with E-state index in [2.05, 4.69) is 8.58 Å². The smallest absolute Gasteiger partial charge is 0.246 e. The van der Waals surface area contributed by atoms with Gasteiger partial charge < -0.3 is 0 Å². The minimum atomic E-state index is -3.97. The van der Waals surface area contributed by atoms with Crippen molar-refractivity contribution in [2.45, 2.75) is 0 Å². The van der Waals surface area contributed by atoms with Gasteiger partial charge in [0.05, 0.1) is 5.71 Å². The molecule has 15 heavy (non-hydrogen) atoms. The van der Waals surface area contributed by atoms with E-state index in [1.807, 2.05) is 0 Å². The largest absolute Gasteiger partial charge is 0.381 e. The zero-order chi connectivity index (χ0) is 11.1. The van der Waals surface area contributed by atoms with Crippen molar-refractivity contribution in [3.8, 4) is 0 Å². The second-order valence-electron chi connectivity index (χ2n) is 2.85. The molecule has 1 aromatic rings. The molecule has 0 bridgehead atoms. The average Bonchev–Trinajstić information content (AvgIpc) is 2.50. The Labute approximate surface area is 84.5 Å². The summed E-state index contributed by atoms with van der Waals surface area (Å²) in [4.78, 5) is 0. The lowest BCUT2D eigenvalue weighted by atomic mass is 10.1. The number of nitrogens with zero attached hydrogens (tertiary/aromatic N) is 1. The molecule has 0 atom stereocenters. The molecule has 1 aliphatic heterocycles. The van der Waals surface area contributed by atoms with Gasteiger partial charge in [-0.1, -0.05) is 0 Å².